The van der Waals surface area contributed by atoms with E-state index in [1.807, 2.05) is 30.3 Å². The van der Waals surface area contributed by atoms with E-state index in [0.717, 1.165) is 10.8 Å². The minimum Gasteiger partial charge on any atom is -0.331 e. The van der Waals surface area contributed by atoms with Crippen molar-refractivity contribution in [3.63, 3.8) is 0 Å². The van der Waals surface area contributed by atoms with Gasteiger partial charge in [0.05, 0.1) is 23.8 Å². The number of aromatic nitrogens is 7. The minimum absolute atomic E-state index is 0.0105. The highest BCUT2D eigenvalue weighted by molar-refractivity contribution is 6.30. The van der Waals surface area contributed by atoms with E-state index in [1.54, 1.807) is 23.9 Å². The number of urea groups is 1. The fourth-order valence-corrected chi connectivity index (χ4v) is 3.66. The fourth-order valence-electron chi connectivity index (χ4n) is 3.54. The third kappa shape index (κ3) is 4.80. The summed E-state index contributed by atoms with van der Waals surface area (Å²) in [6.45, 7) is 1.89. The van der Waals surface area contributed by atoms with Crippen molar-refractivity contribution in [2.45, 2.75) is 20.0 Å². The lowest BCUT2D eigenvalue weighted by molar-refractivity contribution is 0.239. The van der Waals surface area contributed by atoms with Crippen molar-refractivity contribution < 1.29 is 9.18 Å². The van der Waals surface area contributed by atoms with Gasteiger partial charge in [0.25, 0.3) is 0 Å². The summed E-state index contributed by atoms with van der Waals surface area (Å²) in [6.07, 6.45) is 3.17. The third-order valence-corrected chi connectivity index (χ3v) is 5.50. The number of fused-ring (bicyclic) bond motifs is 1. The number of nitrogens with zero attached hydrogens (tertiary/aromatic N) is 7. The molecule has 12 heteroatoms. The zero-order chi connectivity index (χ0) is 24.4. The maximum atomic E-state index is 13.9. The molecule has 2 amide bonds. The van der Waals surface area contributed by atoms with Crippen molar-refractivity contribution in [1.82, 2.24) is 45.1 Å². The molecular formula is C23H19ClFN9O. The van der Waals surface area contributed by atoms with E-state index in [1.165, 1.54) is 23.1 Å². The van der Waals surface area contributed by atoms with Crippen LogP contribution in [0, 0.1) is 12.7 Å². The number of nitrogens with one attached hydrogen (secondary N) is 2. The van der Waals surface area contributed by atoms with Gasteiger partial charge in [0, 0.05) is 17.6 Å². The lowest BCUT2D eigenvalue weighted by Gasteiger charge is -2.10. The number of pyridine rings is 1. The summed E-state index contributed by atoms with van der Waals surface area (Å²) in [4.78, 5) is 25.5. The first-order chi connectivity index (χ1) is 17.0. The van der Waals surface area contributed by atoms with Crippen molar-refractivity contribution >= 4 is 28.4 Å². The van der Waals surface area contributed by atoms with Crippen molar-refractivity contribution in [1.29, 1.82) is 0 Å². The summed E-state index contributed by atoms with van der Waals surface area (Å²) in [7, 11) is 0. The molecule has 0 fully saturated rings. The van der Waals surface area contributed by atoms with Gasteiger partial charge in [0.2, 0.25) is 0 Å². The van der Waals surface area contributed by atoms with Crippen LogP contribution in [0.2, 0.25) is 5.02 Å². The molecule has 0 aliphatic rings. The highest BCUT2D eigenvalue weighted by Gasteiger charge is 2.14. The van der Waals surface area contributed by atoms with Crippen LogP contribution in [0.1, 0.15) is 17.5 Å². The van der Waals surface area contributed by atoms with Crippen molar-refractivity contribution in [3.8, 4) is 11.5 Å². The Morgan fingerprint density at radius 3 is 2.57 bits per heavy atom. The Morgan fingerprint density at radius 2 is 1.77 bits per heavy atom. The molecular weight excluding hydrogens is 473 g/mol. The Bertz CT molecular complexity index is 1530. The maximum absolute atomic E-state index is 13.9. The fraction of sp³-hybridized carbons (Fsp3) is 0.130. The Balaban J connectivity index is 1.24. The number of carbonyl (C=O) groups is 1. The van der Waals surface area contributed by atoms with Crippen LogP contribution in [0.3, 0.4) is 0 Å². The first-order valence-corrected chi connectivity index (χ1v) is 11.0. The van der Waals surface area contributed by atoms with Crippen LogP contribution in [0.5, 0.6) is 0 Å². The van der Waals surface area contributed by atoms with Crippen LogP contribution in [0.4, 0.5) is 9.18 Å². The smallest absolute Gasteiger partial charge is 0.315 e. The van der Waals surface area contributed by atoms with Gasteiger partial charge in [-0.1, -0.05) is 35.9 Å². The van der Waals surface area contributed by atoms with E-state index in [9.17, 15) is 9.18 Å². The van der Waals surface area contributed by atoms with Gasteiger partial charge in [-0.25, -0.2) is 28.8 Å². The molecule has 3 heterocycles. The lowest BCUT2D eigenvalue weighted by Crippen LogP contribution is -2.36. The molecule has 35 heavy (non-hydrogen) atoms. The van der Waals surface area contributed by atoms with E-state index in [-0.39, 0.29) is 18.1 Å². The van der Waals surface area contributed by atoms with Gasteiger partial charge in [0.15, 0.2) is 17.5 Å². The van der Waals surface area contributed by atoms with E-state index in [2.05, 4.69) is 35.8 Å². The zero-order valence-electron chi connectivity index (χ0n) is 18.5. The second kappa shape index (κ2) is 9.47. The number of aryl methyl sites for hydroxylation is 1. The summed E-state index contributed by atoms with van der Waals surface area (Å²) in [5.74, 6) is 1.45. The molecule has 0 aliphatic carbocycles. The first-order valence-electron chi connectivity index (χ1n) is 10.6. The van der Waals surface area contributed by atoms with Gasteiger partial charge >= 0.3 is 6.03 Å². The molecule has 5 aromatic rings. The normalized spacial score (nSPS) is 11.1. The summed E-state index contributed by atoms with van der Waals surface area (Å²) < 4.78 is 16.9. The lowest BCUT2D eigenvalue weighted by atomic mass is 10.2. The molecule has 0 radical (unpaired) electrons. The van der Waals surface area contributed by atoms with Crippen LogP contribution in [-0.2, 0) is 13.1 Å². The van der Waals surface area contributed by atoms with Crippen LogP contribution in [0.25, 0.3) is 22.3 Å². The predicted octanol–water partition coefficient (Wildman–Crippen LogP) is 3.50. The average molecular weight is 492 g/mol. The molecule has 176 valence electrons. The Labute approximate surface area is 203 Å². The molecule has 2 aromatic carbocycles. The van der Waals surface area contributed by atoms with Gasteiger partial charge in [-0.3, -0.25) is 0 Å². The number of hydrogen-bond donors (Lipinski definition) is 2. The second-order valence-electron chi connectivity index (χ2n) is 7.60. The molecule has 0 spiro atoms. The van der Waals surface area contributed by atoms with E-state index in [0.29, 0.717) is 29.0 Å². The van der Waals surface area contributed by atoms with E-state index >= 15 is 0 Å². The van der Waals surface area contributed by atoms with Crippen LogP contribution in [0.15, 0.2) is 61.1 Å². The maximum Gasteiger partial charge on any atom is 0.315 e. The number of amides is 2. The van der Waals surface area contributed by atoms with E-state index < -0.39 is 11.8 Å². The standard InChI is InChI=1S/C23H19ClFN9O/c1-14-31-22(33(32-14)17-6-7-18(24)19(25)9-17)12-28-23(35)27-11-21-29-13-30-34(21)20-8-15-4-2-3-5-16(15)10-26-20/h2-10,13H,11-12H2,1H3,(H2,27,28,35). The predicted molar refractivity (Wildman–Crippen MR) is 127 cm³/mol. The van der Waals surface area contributed by atoms with Gasteiger partial charge in [-0.15, -0.1) is 0 Å². The van der Waals surface area contributed by atoms with Gasteiger partial charge < -0.3 is 10.6 Å². The SMILES string of the molecule is Cc1nc(CNC(=O)NCc2ncnn2-c2cc3ccccc3cn2)n(-c2ccc(Cl)c(F)c2)n1. The number of rotatable bonds is 6. The highest BCUT2D eigenvalue weighted by Crippen LogP contribution is 2.19. The van der Waals surface area contributed by atoms with Crippen LogP contribution < -0.4 is 10.6 Å². The molecule has 0 aliphatic heterocycles. The molecule has 3 aromatic heterocycles. The van der Waals surface area contributed by atoms with Gasteiger partial charge in [-0.2, -0.15) is 14.9 Å². The molecule has 0 saturated heterocycles. The molecule has 0 atom stereocenters. The average Bonchev–Trinajstić information content (AvgIpc) is 3.49. The molecule has 0 unspecified atom stereocenters. The number of halogens is 2. The number of carbonyl (C=O) groups excluding carboxylic acids is 1. The summed E-state index contributed by atoms with van der Waals surface area (Å²) in [5, 5.41) is 16.0. The summed E-state index contributed by atoms with van der Waals surface area (Å²) >= 11 is 5.77. The van der Waals surface area contributed by atoms with Crippen molar-refractivity contribution in [2.75, 3.05) is 0 Å². The quantitative estimate of drug-likeness (QED) is 0.375. The molecule has 5 rings (SSSR count). The zero-order valence-corrected chi connectivity index (χ0v) is 19.2. The van der Waals surface area contributed by atoms with Crippen molar-refractivity contribution in [2.24, 2.45) is 0 Å². The van der Waals surface area contributed by atoms with Crippen LogP contribution in [-0.4, -0.2) is 40.5 Å². The topological polar surface area (TPSA) is 115 Å². The molecule has 0 saturated carbocycles. The molecule has 0 bridgehead atoms. The van der Waals surface area contributed by atoms with Crippen molar-refractivity contribution in [3.05, 3.63) is 89.4 Å². The van der Waals surface area contributed by atoms with Gasteiger partial charge in [-0.05, 0) is 30.5 Å². The Morgan fingerprint density at radius 1 is 1.00 bits per heavy atom. The van der Waals surface area contributed by atoms with Gasteiger partial charge in [0.1, 0.15) is 18.0 Å². The Hall–Kier alpha value is -4.38. The third-order valence-electron chi connectivity index (χ3n) is 5.19. The summed E-state index contributed by atoms with van der Waals surface area (Å²) in [6, 6.07) is 13.6. The second-order valence-corrected chi connectivity index (χ2v) is 8.01. The number of hydrogen-bond acceptors (Lipinski definition) is 6. The summed E-state index contributed by atoms with van der Waals surface area (Å²) in [5.41, 5.74) is 0.445. The van der Waals surface area contributed by atoms with Crippen LogP contribution >= 0.6 is 11.6 Å². The largest absolute Gasteiger partial charge is 0.331 e. The minimum atomic E-state index is -0.570. The first kappa shape index (κ1) is 22.4. The van der Waals surface area contributed by atoms with E-state index in [4.69, 9.17) is 11.6 Å². The Kier molecular flexibility index (Phi) is 6.06. The molecule has 2 N–H and O–H groups in total. The molecule has 10 nitrogen and oxygen atoms in total. The highest BCUT2D eigenvalue weighted by atomic mass is 35.5. The number of benzene rings is 2. The monoisotopic (exact) mass is 491 g/mol.